The van der Waals surface area contributed by atoms with Gasteiger partial charge in [-0.2, -0.15) is 0 Å². The number of nitrogens with zero attached hydrogens (tertiary/aromatic N) is 2. The highest BCUT2D eigenvalue weighted by Crippen LogP contribution is 1.97. The number of aryl methyl sites for hydroxylation is 1. The Hall–Kier alpha value is -1.36. The van der Waals surface area contributed by atoms with Gasteiger partial charge in [0.15, 0.2) is 0 Å². The van der Waals surface area contributed by atoms with E-state index in [1.807, 2.05) is 10.8 Å². The lowest BCUT2D eigenvalue weighted by Gasteiger charge is -2.17. The first-order chi connectivity index (χ1) is 7.50. The maximum Gasteiger partial charge on any atom is 0.239 e. The Morgan fingerprint density at radius 3 is 2.81 bits per heavy atom. The summed E-state index contributed by atoms with van der Waals surface area (Å²) in [5.74, 6) is -0.102. The lowest BCUT2D eigenvalue weighted by Crippen LogP contribution is -2.49. The van der Waals surface area contributed by atoms with Crippen molar-refractivity contribution in [1.29, 1.82) is 0 Å². The SMILES string of the molecule is CC(C)(N)C(=O)NCCCCn1ccnc1. The second kappa shape index (κ2) is 5.65. The van der Waals surface area contributed by atoms with E-state index in [2.05, 4.69) is 10.3 Å². The molecule has 1 amide bonds. The van der Waals surface area contributed by atoms with E-state index in [4.69, 9.17) is 5.73 Å². The molecule has 0 saturated carbocycles. The number of imidazole rings is 1. The third-order valence-corrected chi connectivity index (χ3v) is 2.27. The Kier molecular flexibility index (Phi) is 4.49. The van der Waals surface area contributed by atoms with Crippen LogP contribution in [-0.4, -0.2) is 27.5 Å². The minimum Gasteiger partial charge on any atom is -0.355 e. The molecule has 3 N–H and O–H groups in total. The largest absolute Gasteiger partial charge is 0.355 e. The maximum absolute atomic E-state index is 11.4. The minimum atomic E-state index is -0.787. The molecule has 0 unspecified atom stereocenters. The summed E-state index contributed by atoms with van der Waals surface area (Å²) in [4.78, 5) is 15.4. The van der Waals surface area contributed by atoms with E-state index >= 15 is 0 Å². The molecule has 0 spiro atoms. The number of unbranched alkanes of at least 4 members (excludes halogenated alkanes) is 1. The van der Waals surface area contributed by atoms with Gasteiger partial charge in [-0.15, -0.1) is 0 Å². The Labute approximate surface area is 96.0 Å². The molecule has 0 atom stereocenters. The zero-order chi connectivity index (χ0) is 12.0. The average molecular weight is 224 g/mol. The smallest absolute Gasteiger partial charge is 0.239 e. The number of hydrogen-bond acceptors (Lipinski definition) is 3. The summed E-state index contributed by atoms with van der Waals surface area (Å²) in [7, 11) is 0. The Morgan fingerprint density at radius 2 is 2.25 bits per heavy atom. The van der Waals surface area contributed by atoms with Crippen LogP contribution < -0.4 is 11.1 Å². The molecule has 90 valence electrons. The van der Waals surface area contributed by atoms with Crippen LogP contribution in [0.5, 0.6) is 0 Å². The van der Waals surface area contributed by atoms with Crippen LogP contribution in [0.4, 0.5) is 0 Å². The Morgan fingerprint density at radius 1 is 1.50 bits per heavy atom. The van der Waals surface area contributed by atoms with Gasteiger partial charge >= 0.3 is 0 Å². The predicted octanol–water partition coefficient (Wildman–Crippen LogP) is 0.517. The van der Waals surface area contributed by atoms with Crippen LogP contribution in [0.2, 0.25) is 0 Å². The number of hydrogen-bond donors (Lipinski definition) is 2. The van der Waals surface area contributed by atoms with E-state index in [0.717, 1.165) is 19.4 Å². The molecule has 0 radical (unpaired) electrons. The normalized spacial score (nSPS) is 11.4. The van der Waals surface area contributed by atoms with Gasteiger partial charge in [0, 0.05) is 25.5 Å². The Bertz CT molecular complexity index is 313. The first kappa shape index (κ1) is 12.7. The van der Waals surface area contributed by atoms with Gasteiger partial charge in [0.2, 0.25) is 5.91 Å². The van der Waals surface area contributed by atoms with Crippen LogP contribution in [0, 0.1) is 0 Å². The second-order valence-corrected chi connectivity index (χ2v) is 4.49. The first-order valence-electron chi connectivity index (χ1n) is 5.53. The van der Waals surface area contributed by atoms with Crippen LogP contribution in [-0.2, 0) is 11.3 Å². The summed E-state index contributed by atoms with van der Waals surface area (Å²) in [6, 6.07) is 0. The van der Waals surface area contributed by atoms with E-state index in [0.29, 0.717) is 6.54 Å². The molecule has 0 aromatic carbocycles. The number of nitrogens with one attached hydrogen (secondary N) is 1. The number of rotatable bonds is 6. The monoisotopic (exact) mass is 224 g/mol. The molecule has 16 heavy (non-hydrogen) atoms. The molecule has 1 rings (SSSR count). The van der Waals surface area contributed by atoms with Crippen LogP contribution in [0.3, 0.4) is 0 Å². The van der Waals surface area contributed by atoms with Gasteiger partial charge in [-0.05, 0) is 26.7 Å². The van der Waals surface area contributed by atoms with E-state index in [9.17, 15) is 4.79 Å². The summed E-state index contributed by atoms with van der Waals surface area (Å²) in [6.45, 7) is 5.01. The Balaban J connectivity index is 2.06. The maximum atomic E-state index is 11.4. The highest BCUT2D eigenvalue weighted by atomic mass is 16.2. The van der Waals surface area contributed by atoms with E-state index in [1.54, 1.807) is 26.4 Å². The summed E-state index contributed by atoms with van der Waals surface area (Å²) in [6.07, 6.45) is 7.45. The molecule has 0 saturated heterocycles. The van der Waals surface area contributed by atoms with Crippen molar-refractivity contribution < 1.29 is 4.79 Å². The fourth-order valence-corrected chi connectivity index (χ4v) is 1.27. The number of aromatic nitrogens is 2. The van der Waals surface area contributed by atoms with Gasteiger partial charge in [-0.1, -0.05) is 0 Å². The van der Waals surface area contributed by atoms with Gasteiger partial charge in [0.1, 0.15) is 0 Å². The van der Waals surface area contributed by atoms with Gasteiger partial charge in [0.25, 0.3) is 0 Å². The first-order valence-corrected chi connectivity index (χ1v) is 5.53. The zero-order valence-corrected chi connectivity index (χ0v) is 9.94. The van der Waals surface area contributed by atoms with Crippen molar-refractivity contribution in [3.8, 4) is 0 Å². The van der Waals surface area contributed by atoms with Gasteiger partial charge in [0.05, 0.1) is 11.9 Å². The highest BCUT2D eigenvalue weighted by Gasteiger charge is 2.20. The lowest BCUT2D eigenvalue weighted by molar-refractivity contribution is -0.125. The van der Waals surface area contributed by atoms with Crippen LogP contribution in [0.1, 0.15) is 26.7 Å². The molecule has 0 fully saturated rings. The van der Waals surface area contributed by atoms with Gasteiger partial charge < -0.3 is 15.6 Å². The molecular formula is C11H20N4O. The number of nitrogens with two attached hydrogens (primary N) is 1. The van der Waals surface area contributed by atoms with Crippen molar-refractivity contribution in [2.24, 2.45) is 5.73 Å². The van der Waals surface area contributed by atoms with Crippen molar-refractivity contribution in [2.45, 2.75) is 38.8 Å². The van der Waals surface area contributed by atoms with Crippen molar-refractivity contribution in [3.05, 3.63) is 18.7 Å². The van der Waals surface area contributed by atoms with Gasteiger partial charge in [-0.25, -0.2) is 4.98 Å². The van der Waals surface area contributed by atoms with Crippen molar-refractivity contribution in [1.82, 2.24) is 14.9 Å². The minimum absolute atomic E-state index is 0.102. The van der Waals surface area contributed by atoms with Crippen LogP contribution in [0.25, 0.3) is 0 Å². The highest BCUT2D eigenvalue weighted by molar-refractivity contribution is 5.84. The molecule has 0 aliphatic heterocycles. The van der Waals surface area contributed by atoms with Crippen molar-refractivity contribution >= 4 is 5.91 Å². The van der Waals surface area contributed by atoms with E-state index in [-0.39, 0.29) is 5.91 Å². The number of carbonyl (C=O) groups is 1. The van der Waals surface area contributed by atoms with Gasteiger partial charge in [-0.3, -0.25) is 4.79 Å². The molecule has 1 aromatic rings. The molecular weight excluding hydrogens is 204 g/mol. The topological polar surface area (TPSA) is 72.9 Å². The molecule has 1 aromatic heterocycles. The molecule has 0 bridgehead atoms. The number of carbonyl (C=O) groups excluding carboxylic acids is 1. The second-order valence-electron chi connectivity index (χ2n) is 4.49. The molecule has 0 aliphatic carbocycles. The molecule has 5 nitrogen and oxygen atoms in total. The zero-order valence-electron chi connectivity index (χ0n) is 9.94. The summed E-state index contributed by atoms with van der Waals surface area (Å²) < 4.78 is 2.02. The lowest BCUT2D eigenvalue weighted by atomic mass is 10.1. The third-order valence-electron chi connectivity index (χ3n) is 2.27. The standard InChI is InChI=1S/C11H20N4O/c1-11(2,12)10(16)14-5-3-4-7-15-8-6-13-9-15/h6,8-9H,3-5,7,12H2,1-2H3,(H,14,16). The number of amides is 1. The predicted molar refractivity (Wildman–Crippen MR) is 62.7 cm³/mol. The quantitative estimate of drug-likeness (QED) is 0.692. The summed E-state index contributed by atoms with van der Waals surface area (Å²) in [5.41, 5.74) is 4.86. The fourth-order valence-electron chi connectivity index (χ4n) is 1.27. The van der Waals surface area contributed by atoms with Crippen molar-refractivity contribution in [3.63, 3.8) is 0 Å². The molecule has 1 heterocycles. The molecule has 5 heteroatoms. The molecule has 0 aliphatic rings. The van der Waals surface area contributed by atoms with Crippen LogP contribution in [0.15, 0.2) is 18.7 Å². The van der Waals surface area contributed by atoms with Crippen molar-refractivity contribution in [2.75, 3.05) is 6.54 Å². The van der Waals surface area contributed by atoms with Crippen LogP contribution >= 0.6 is 0 Å². The summed E-state index contributed by atoms with van der Waals surface area (Å²) >= 11 is 0. The third kappa shape index (κ3) is 4.44. The van der Waals surface area contributed by atoms with E-state index < -0.39 is 5.54 Å². The fraction of sp³-hybridized carbons (Fsp3) is 0.636. The van der Waals surface area contributed by atoms with E-state index in [1.165, 1.54) is 0 Å². The summed E-state index contributed by atoms with van der Waals surface area (Å²) in [5, 5.41) is 2.81. The average Bonchev–Trinajstić information content (AvgIpc) is 2.68.